The summed E-state index contributed by atoms with van der Waals surface area (Å²) in [4.78, 5) is 40.3. The van der Waals surface area contributed by atoms with E-state index in [1.165, 1.54) is 7.11 Å². The summed E-state index contributed by atoms with van der Waals surface area (Å²) in [6.45, 7) is 5.67. The minimum absolute atomic E-state index is 0.116. The van der Waals surface area contributed by atoms with Gasteiger partial charge in [0.1, 0.15) is 6.54 Å². The van der Waals surface area contributed by atoms with Crippen molar-refractivity contribution in [3.8, 4) is 0 Å². The van der Waals surface area contributed by atoms with Crippen LogP contribution in [0.5, 0.6) is 0 Å². The van der Waals surface area contributed by atoms with Crippen molar-refractivity contribution in [1.29, 1.82) is 0 Å². The smallest absolute Gasteiger partial charge is 0.325 e. The molecule has 0 radical (unpaired) electrons. The maximum Gasteiger partial charge on any atom is 0.325 e. The second-order valence-electron chi connectivity index (χ2n) is 7.40. The molecule has 3 rings (SSSR count). The first kappa shape index (κ1) is 21.9. The number of nitrogens with one attached hydrogen (secondary N) is 2. The van der Waals surface area contributed by atoms with E-state index in [-0.39, 0.29) is 30.8 Å². The minimum Gasteiger partial charge on any atom is -0.468 e. The number of nitrogens with zero attached hydrogens (tertiary/aromatic N) is 3. The average Bonchev–Trinajstić information content (AvgIpc) is 3.15. The molecular formula is C22H25N5O4. The van der Waals surface area contributed by atoms with Crippen molar-refractivity contribution in [3.05, 3.63) is 53.3 Å². The number of benzene rings is 1. The predicted octanol–water partition coefficient (Wildman–Crippen LogP) is 2.40. The van der Waals surface area contributed by atoms with Crippen LogP contribution >= 0.6 is 0 Å². The van der Waals surface area contributed by atoms with Gasteiger partial charge in [0.2, 0.25) is 5.91 Å². The Labute approximate surface area is 179 Å². The third kappa shape index (κ3) is 5.25. The zero-order chi connectivity index (χ0) is 22.5. The molecule has 3 aromatic rings. The fourth-order valence-corrected chi connectivity index (χ4v) is 3.07. The van der Waals surface area contributed by atoms with Gasteiger partial charge in [0.25, 0.3) is 5.91 Å². The van der Waals surface area contributed by atoms with Gasteiger partial charge in [0.15, 0.2) is 5.65 Å². The quantitative estimate of drug-likeness (QED) is 0.564. The Morgan fingerprint density at radius 2 is 1.87 bits per heavy atom. The number of carbonyl (C=O) groups excluding carboxylic acids is 3. The number of esters is 1. The largest absolute Gasteiger partial charge is 0.468 e. The maximum absolute atomic E-state index is 12.8. The third-order valence-corrected chi connectivity index (χ3v) is 4.73. The highest BCUT2D eigenvalue weighted by atomic mass is 16.5. The van der Waals surface area contributed by atoms with Crippen LogP contribution < -0.4 is 10.6 Å². The molecule has 0 saturated carbocycles. The molecule has 9 heteroatoms. The number of aryl methyl sites for hydroxylation is 1. The zero-order valence-corrected chi connectivity index (χ0v) is 17.9. The van der Waals surface area contributed by atoms with Gasteiger partial charge in [0.05, 0.1) is 31.0 Å². The van der Waals surface area contributed by atoms with Gasteiger partial charge in [-0.3, -0.25) is 14.4 Å². The van der Waals surface area contributed by atoms with Gasteiger partial charge in [-0.25, -0.2) is 9.67 Å². The van der Waals surface area contributed by atoms with Crippen LogP contribution in [0, 0.1) is 6.92 Å². The molecule has 1 aromatic carbocycles. The van der Waals surface area contributed by atoms with Crippen molar-refractivity contribution in [2.45, 2.75) is 33.2 Å². The highest BCUT2D eigenvalue weighted by Gasteiger charge is 2.15. The van der Waals surface area contributed by atoms with E-state index in [0.717, 1.165) is 16.6 Å². The Morgan fingerprint density at radius 3 is 2.52 bits per heavy atom. The molecule has 0 aliphatic heterocycles. The van der Waals surface area contributed by atoms with E-state index in [0.29, 0.717) is 16.9 Å². The number of carbonyl (C=O) groups is 3. The van der Waals surface area contributed by atoms with Crippen molar-refractivity contribution in [2.24, 2.45) is 0 Å². The van der Waals surface area contributed by atoms with Crippen LogP contribution in [-0.2, 0) is 20.7 Å². The van der Waals surface area contributed by atoms with Gasteiger partial charge in [-0.15, -0.1) is 0 Å². The van der Waals surface area contributed by atoms with Crippen molar-refractivity contribution >= 4 is 34.5 Å². The first-order valence-corrected chi connectivity index (χ1v) is 9.87. The first-order valence-electron chi connectivity index (χ1n) is 9.87. The highest BCUT2D eigenvalue weighted by Crippen LogP contribution is 2.20. The summed E-state index contributed by atoms with van der Waals surface area (Å²) >= 11 is 0. The topological polar surface area (TPSA) is 115 Å². The fraction of sp³-hybridized carbons (Fsp3) is 0.318. The van der Waals surface area contributed by atoms with Gasteiger partial charge >= 0.3 is 5.97 Å². The summed E-state index contributed by atoms with van der Waals surface area (Å²) in [6.07, 6.45) is 1.82. The van der Waals surface area contributed by atoms with Crippen LogP contribution in [0.25, 0.3) is 11.0 Å². The Morgan fingerprint density at radius 1 is 1.16 bits per heavy atom. The molecule has 2 heterocycles. The number of hydrogen-bond acceptors (Lipinski definition) is 6. The normalized spacial score (nSPS) is 10.9. The standard InChI is InChI=1S/C22H25N5O4/c1-13(2)27-21-16(11-24-27)10-18(14(3)25-21)22(30)26-17-7-5-15(6-8-17)9-19(28)23-12-20(29)31-4/h5-8,10-11,13H,9,12H2,1-4H3,(H,23,28)(H,26,30). The highest BCUT2D eigenvalue weighted by molar-refractivity contribution is 6.06. The summed E-state index contributed by atoms with van der Waals surface area (Å²) in [5, 5.41) is 10.5. The number of methoxy groups -OCH3 is 1. The van der Waals surface area contributed by atoms with Crippen LogP contribution in [-0.4, -0.2) is 46.2 Å². The molecule has 2 aromatic heterocycles. The number of fused-ring (bicyclic) bond motifs is 1. The molecule has 0 fully saturated rings. The zero-order valence-electron chi connectivity index (χ0n) is 17.9. The molecule has 2 amide bonds. The average molecular weight is 423 g/mol. The second kappa shape index (κ2) is 9.38. The molecule has 0 aliphatic rings. The molecule has 0 aliphatic carbocycles. The lowest BCUT2D eigenvalue weighted by Crippen LogP contribution is -2.31. The summed E-state index contributed by atoms with van der Waals surface area (Å²) in [5.41, 5.74) is 3.19. The van der Waals surface area contributed by atoms with Gasteiger partial charge in [-0.2, -0.15) is 5.10 Å². The predicted molar refractivity (Wildman–Crippen MR) is 116 cm³/mol. The Kier molecular flexibility index (Phi) is 6.64. The van der Waals surface area contributed by atoms with Crippen LogP contribution in [0.3, 0.4) is 0 Å². The number of pyridine rings is 1. The second-order valence-corrected chi connectivity index (χ2v) is 7.40. The van der Waals surface area contributed by atoms with Crippen molar-refractivity contribution in [3.63, 3.8) is 0 Å². The Bertz CT molecular complexity index is 1120. The van der Waals surface area contributed by atoms with E-state index in [2.05, 4.69) is 25.5 Å². The number of aromatic nitrogens is 3. The van der Waals surface area contributed by atoms with Gasteiger partial charge < -0.3 is 15.4 Å². The number of anilines is 1. The number of ether oxygens (including phenoxy) is 1. The minimum atomic E-state index is -0.508. The van der Waals surface area contributed by atoms with Gasteiger partial charge in [0, 0.05) is 17.1 Å². The fourth-order valence-electron chi connectivity index (χ4n) is 3.07. The van der Waals surface area contributed by atoms with Gasteiger partial charge in [-0.1, -0.05) is 12.1 Å². The maximum atomic E-state index is 12.8. The molecular weight excluding hydrogens is 398 g/mol. The summed E-state index contributed by atoms with van der Waals surface area (Å²) in [7, 11) is 1.26. The SMILES string of the molecule is COC(=O)CNC(=O)Cc1ccc(NC(=O)c2cc3cnn(C(C)C)c3nc2C)cc1. The number of amides is 2. The van der Waals surface area contributed by atoms with Crippen molar-refractivity contribution in [1.82, 2.24) is 20.1 Å². The Hall–Kier alpha value is -3.75. The lowest BCUT2D eigenvalue weighted by molar-refractivity contribution is -0.141. The van der Waals surface area contributed by atoms with E-state index >= 15 is 0 Å². The summed E-state index contributed by atoms with van der Waals surface area (Å²) in [5.74, 6) is -1.07. The molecule has 0 unspecified atom stereocenters. The van der Waals surface area contributed by atoms with Crippen LogP contribution in [0.1, 0.15) is 41.5 Å². The van der Waals surface area contributed by atoms with E-state index in [9.17, 15) is 14.4 Å². The molecule has 0 bridgehead atoms. The van der Waals surface area contributed by atoms with Crippen LogP contribution in [0.4, 0.5) is 5.69 Å². The van der Waals surface area contributed by atoms with Crippen LogP contribution in [0.15, 0.2) is 36.5 Å². The molecule has 162 valence electrons. The summed E-state index contributed by atoms with van der Waals surface area (Å²) in [6, 6.07) is 8.89. The molecule has 9 nitrogen and oxygen atoms in total. The van der Waals surface area contributed by atoms with Crippen molar-refractivity contribution < 1.29 is 19.1 Å². The lowest BCUT2D eigenvalue weighted by atomic mass is 10.1. The van der Waals surface area contributed by atoms with Crippen molar-refractivity contribution in [2.75, 3.05) is 19.0 Å². The molecule has 2 N–H and O–H groups in total. The van der Waals surface area contributed by atoms with E-state index in [1.54, 1.807) is 43.5 Å². The van der Waals surface area contributed by atoms with E-state index in [4.69, 9.17) is 0 Å². The molecule has 0 saturated heterocycles. The third-order valence-electron chi connectivity index (χ3n) is 4.73. The van der Waals surface area contributed by atoms with Gasteiger partial charge in [-0.05, 0) is 44.5 Å². The molecule has 0 spiro atoms. The first-order chi connectivity index (χ1) is 14.8. The van der Waals surface area contributed by atoms with Crippen LogP contribution in [0.2, 0.25) is 0 Å². The monoisotopic (exact) mass is 423 g/mol. The molecule has 0 atom stereocenters. The number of hydrogen-bond donors (Lipinski definition) is 2. The Balaban J connectivity index is 1.66. The lowest BCUT2D eigenvalue weighted by Gasteiger charge is -2.10. The molecule has 31 heavy (non-hydrogen) atoms. The number of rotatable bonds is 7. The van der Waals surface area contributed by atoms with E-state index in [1.807, 2.05) is 18.5 Å². The van der Waals surface area contributed by atoms with E-state index < -0.39 is 5.97 Å². The summed E-state index contributed by atoms with van der Waals surface area (Å²) < 4.78 is 6.30.